The fraction of sp³-hybridized carbons (Fsp3) is 1.00. The Morgan fingerprint density at radius 1 is 0.571 bits per heavy atom. The molecule has 4 unspecified atom stereocenters. The monoisotopic (exact) mass is 848 g/mol. The first-order chi connectivity index (χ1) is 27.0. The number of unbranched alkanes of at least 4 members (excludes halogenated alkanes) is 1. The van der Waals surface area contributed by atoms with E-state index in [2.05, 4.69) is 34.3 Å². The topological polar surface area (TPSA) is 200 Å². The van der Waals surface area contributed by atoms with Gasteiger partial charge < -0.3 is 72.5 Å². The second-order valence-electron chi connectivity index (χ2n) is 14.2. The lowest BCUT2D eigenvalue weighted by Crippen LogP contribution is -2.45. The number of nitrogens with two attached hydrogens (primary N) is 1. The van der Waals surface area contributed by atoms with Crippen LogP contribution in [0, 0.1) is 5.92 Å². The van der Waals surface area contributed by atoms with Crippen LogP contribution in [0.2, 0.25) is 12.1 Å². The fourth-order valence-electron chi connectivity index (χ4n) is 6.24. The molecule has 0 aromatic heterocycles. The molecule has 56 heavy (non-hydrogen) atoms. The highest BCUT2D eigenvalue weighted by Crippen LogP contribution is 2.16. The van der Waals surface area contributed by atoms with Gasteiger partial charge in [-0.3, -0.25) is 9.80 Å². The van der Waals surface area contributed by atoms with Crippen molar-refractivity contribution in [3.63, 3.8) is 0 Å². The van der Waals surface area contributed by atoms with Crippen LogP contribution in [0.5, 0.6) is 0 Å². The average Bonchev–Trinajstić information content (AvgIpc) is 3.20. The molecule has 0 amide bonds. The van der Waals surface area contributed by atoms with Crippen molar-refractivity contribution in [1.29, 1.82) is 0 Å². The van der Waals surface area contributed by atoms with Crippen molar-refractivity contribution in [3.8, 4) is 0 Å². The van der Waals surface area contributed by atoms with Crippen molar-refractivity contribution < 1.29 is 56.1 Å². The van der Waals surface area contributed by atoms with E-state index in [0.29, 0.717) is 103 Å². The van der Waals surface area contributed by atoms with Gasteiger partial charge in [0.1, 0.15) is 0 Å². The van der Waals surface area contributed by atoms with Gasteiger partial charge in [-0.05, 0) is 25.2 Å². The van der Waals surface area contributed by atoms with E-state index in [-0.39, 0.29) is 13.2 Å². The second-order valence-corrected chi connectivity index (χ2v) is 20.4. The highest BCUT2D eigenvalue weighted by atomic mass is 28.4. The highest BCUT2D eigenvalue weighted by Gasteiger charge is 2.37. The Balaban J connectivity index is 4.78. The van der Waals surface area contributed by atoms with Crippen LogP contribution in [0.1, 0.15) is 52.4 Å². The molecule has 0 rings (SSSR count). The molecule has 7 N–H and O–H groups in total. The lowest BCUT2D eigenvalue weighted by atomic mass is 10.0. The van der Waals surface area contributed by atoms with Crippen LogP contribution in [0.15, 0.2) is 0 Å². The normalized spacial score (nSPS) is 14.9. The van der Waals surface area contributed by atoms with E-state index >= 15 is 0 Å². The first-order valence-corrected chi connectivity index (χ1v) is 24.6. The summed E-state index contributed by atoms with van der Waals surface area (Å²) in [5.74, 6) is 0.520. The average molecular weight is 848 g/mol. The summed E-state index contributed by atoms with van der Waals surface area (Å²) in [5.41, 5.74) is 5.88. The van der Waals surface area contributed by atoms with Gasteiger partial charge in [0.25, 0.3) is 0 Å². The second kappa shape index (κ2) is 36.6. The summed E-state index contributed by atoms with van der Waals surface area (Å²) in [7, 11) is 4.30. The molecule has 0 bridgehead atoms. The highest BCUT2D eigenvalue weighted by molar-refractivity contribution is 6.60. The van der Waals surface area contributed by atoms with Gasteiger partial charge in [0.2, 0.25) is 0 Å². The van der Waals surface area contributed by atoms with Crippen molar-refractivity contribution in [1.82, 2.24) is 20.4 Å². The summed E-state index contributed by atoms with van der Waals surface area (Å²) in [6.45, 7) is 13.5. The SMILES string of the molecule is CCCCC(CC)COCC(O)CN(CCNCCN(CCN)CC(O)COCCC[Si](OC)(OC)OC)CCNCC(O)COCCC[Si](OC)(OC)OC. The summed E-state index contributed by atoms with van der Waals surface area (Å²) in [4.78, 5) is 4.34. The predicted octanol–water partition coefficient (Wildman–Crippen LogP) is 0.614. The number of hydrogen-bond donors (Lipinski definition) is 6. The maximum absolute atomic E-state index is 10.9. The van der Waals surface area contributed by atoms with Crippen LogP contribution in [0.3, 0.4) is 0 Å². The molecule has 0 aliphatic carbocycles. The molecule has 0 aliphatic heterocycles. The van der Waals surface area contributed by atoms with E-state index in [1.165, 1.54) is 12.8 Å². The molecule has 0 spiro atoms. The van der Waals surface area contributed by atoms with Gasteiger partial charge in [-0.1, -0.05) is 33.1 Å². The minimum Gasteiger partial charge on any atom is -0.389 e. The van der Waals surface area contributed by atoms with Crippen LogP contribution in [0.25, 0.3) is 0 Å². The molecule has 0 saturated carbocycles. The van der Waals surface area contributed by atoms with E-state index in [9.17, 15) is 15.3 Å². The third-order valence-corrected chi connectivity index (χ3v) is 15.5. The van der Waals surface area contributed by atoms with Gasteiger partial charge in [-0.15, -0.1) is 0 Å². The van der Waals surface area contributed by atoms with Crippen LogP contribution >= 0.6 is 0 Å². The van der Waals surface area contributed by atoms with Gasteiger partial charge in [-0.25, -0.2) is 0 Å². The molecule has 0 saturated heterocycles. The van der Waals surface area contributed by atoms with Crippen molar-refractivity contribution in [2.75, 3.05) is 154 Å². The lowest BCUT2D eigenvalue weighted by Gasteiger charge is -2.27. The van der Waals surface area contributed by atoms with Crippen molar-refractivity contribution in [2.45, 2.75) is 82.8 Å². The molecule has 17 nitrogen and oxygen atoms in total. The Hall–Kier alpha value is -0.246. The van der Waals surface area contributed by atoms with Crippen LogP contribution in [-0.2, 0) is 40.8 Å². The first kappa shape index (κ1) is 55.8. The van der Waals surface area contributed by atoms with E-state index in [1.807, 2.05) is 0 Å². The number of ether oxygens (including phenoxy) is 3. The van der Waals surface area contributed by atoms with Crippen LogP contribution in [0.4, 0.5) is 0 Å². The number of nitrogens with one attached hydrogen (secondary N) is 2. The summed E-state index contributed by atoms with van der Waals surface area (Å²) >= 11 is 0. The molecule has 0 fully saturated rings. The molecule has 4 atom stereocenters. The summed E-state index contributed by atoms with van der Waals surface area (Å²) in [5, 5.41) is 38.8. The van der Waals surface area contributed by atoms with Crippen molar-refractivity contribution >= 4 is 17.6 Å². The molecule has 0 aliphatic rings. The van der Waals surface area contributed by atoms with Crippen LogP contribution in [-0.4, -0.2) is 215 Å². The molecule has 19 heteroatoms. The maximum atomic E-state index is 10.9. The molecular weight excluding hydrogens is 763 g/mol. The Morgan fingerprint density at radius 3 is 1.46 bits per heavy atom. The standard InChI is InChI=1S/C37H85N5O12Si2/c1-9-11-14-34(10-2)30-54-33-37(45)29-42(22-18-40-27-35(43)31-52-23-12-25-55(46-3,47-4)48-5)21-17-39-16-20-41(19-15-38)28-36(44)32-53-24-13-26-56(49-6,50-7)51-8/h34-37,39-40,43-45H,9-33,38H2,1-8H3. The smallest absolute Gasteiger partial charge is 0.389 e. The zero-order valence-electron chi connectivity index (χ0n) is 36.5. The minimum atomic E-state index is -2.63. The van der Waals surface area contributed by atoms with E-state index in [1.54, 1.807) is 42.7 Å². The Morgan fingerprint density at radius 2 is 1.02 bits per heavy atom. The molecule has 0 aromatic carbocycles. The van der Waals surface area contributed by atoms with E-state index in [4.69, 9.17) is 46.5 Å². The third kappa shape index (κ3) is 27.5. The van der Waals surface area contributed by atoms with Gasteiger partial charge in [0.05, 0.1) is 38.1 Å². The summed E-state index contributed by atoms with van der Waals surface area (Å²) < 4.78 is 50.0. The Bertz CT molecular complexity index is 845. The Labute approximate surface area is 342 Å². The van der Waals surface area contributed by atoms with Gasteiger partial charge >= 0.3 is 17.6 Å². The summed E-state index contributed by atoms with van der Waals surface area (Å²) in [6.07, 6.45) is 4.12. The van der Waals surface area contributed by atoms with Crippen molar-refractivity contribution in [3.05, 3.63) is 0 Å². The predicted molar refractivity (Wildman–Crippen MR) is 224 cm³/mol. The van der Waals surface area contributed by atoms with Crippen LogP contribution < -0.4 is 16.4 Å². The number of nitrogens with zero attached hydrogens (tertiary/aromatic N) is 2. The van der Waals surface area contributed by atoms with Crippen molar-refractivity contribution in [2.24, 2.45) is 11.7 Å². The molecule has 0 radical (unpaired) electrons. The first-order valence-electron chi connectivity index (χ1n) is 20.7. The van der Waals surface area contributed by atoms with Gasteiger partial charge in [0.15, 0.2) is 0 Å². The Kier molecular flexibility index (Phi) is 36.4. The molecule has 0 aromatic rings. The molecule has 0 heterocycles. The largest absolute Gasteiger partial charge is 0.500 e. The number of aliphatic hydroxyl groups excluding tert-OH is 3. The molecule has 338 valence electrons. The lowest BCUT2D eigenvalue weighted by molar-refractivity contribution is 0.00284. The maximum Gasteiger partial charge on any atom is 0.500 e. The zero-order chi connectivity index (χ0) is 41.9. The fourth-order valence-corrected chi connectivity index (χ4v) is 9.62. The third-order valence-electron chi connectivity index (χ3n) is 9.81. The van der Waals surface area contributed by atoms with Gasteiger partial charge in [0, 0.05) is 147 Å². The summed E-state index contributed by atoms with van der Waals surface area (Å²) in [6, 6.07) is 1.28. The number of hydrogen-bond acceptors (Lipinski definition) is 17. The van der Waals surface area contributed by atoms with Gasteiger partial charge in [-0.2, -0.15) is 0 Å². The quantitative estimate of drug-likeness (QED) is 0.0368. The molecular formula is C37H85N5O12Si2. The zero-order valence-corrected chi connectivity index (χ0v) is 38.5. The van der Waals surface area contributed by atoms with E-state index < -0.39 is 35.9 Å². The number of aliphatic hydroxyl groups is 3. The number of rotatable bonds is 43. The minimum absolute atomic E-state index is 0.223. The van der Waals surface area contributed by atoms with E-state index in [0.717, 1.165) is 39.0 Å².